The third-order valence-electron chi connectivity index (χ3n) is 7.38. The van der Waals surface area contributed by atoms with Crippen molar-refractivity contribution < 1.29 is 37.3 Å². The molecule has 1 aliphatic heterocycles. The van der Waals surface area contributed by atoms with Crippen LogP contribution in [0.1, 0.15) is 52.2 Å². The van der Waals surface area contributed by atoms with Crippen LogP contribution in [-0.4, -0.2) is 61.6 Å². The number of aliphatic hydroxyl groups is 1. The Morgan fingerprint density at radius 1 is 0.978 bits per heavy atom. The summed E-state index contributed by atoms with van der Waals surface area (Å²) in [5, 5.41) is 14.3. The number of benzene rings is 3. The molecule has 1 aliphatic rings. The Balaban J connectivity index is 1.54. The minimum Gasteiger partial charge on any atom is -0.489 e. The molecule has 0 saturated heterocycles. The molecule has 0 bridgehead atoms. The number of nitrogens with zero attached hydrogens (tertiary/aromatic N) is 1. The average molecular weight is 641 g/mol. The maximum atomic E-state index is 13.9. The van der Waals surface area contributed by atoms with Crippen LogP contribution in [0.4, 0.5) is 4.79 Å². The fourth-order valence-electron chi connectivity index (χ4n) is 4.73. The monoisotopic (exact) mass is 640 g/mol. The second kappa shape index (κ2) is 15.0. The molecule has 0 spiro atoms. The number of alkyl carbamates (subject to hydrolysis) is 1. The lowest BCUT2D eigenvalue weighted by Gasteiger charge is -2.31. The molecule has 2 N–H and O–H groups in total. The maximum absolute atomic E-state index is 13.9. The Morgan fingerprint density at radius 2 is 1.67 bits per heavy atom. The van der Waals surface area contributed by atoms with E-state index in [4.69, 9.17) is 18.9 Å². The second-order valence-electron chi connectivity index (χ2n) is 12.3. The van der Waals surface area contributed by atoms with Crippen molar-refractivity contribution >= 4 is 16.1 Å². The summed E-state index contributed by atoms with van der Waals surface area (Å²) in [7, 11) is -4.04. The molecule has 4 rings (SSSR count). The zero-order chi connectivity index (χ0) is 32.6. The van der Waals surface area contributed by atoms with E-state index in [0.717, 1.165) is 17.5 Å². The van der Waals surface area contributed by atoms with Crippen LogP contribution in [0.5, 0.6) is 17.2 Å². The first-order valence-corrected chi connectivity index (χ1v) is 16.6. The summed E-state index contributed by atoms with van der Waals surface area (Å²) in [5.74, 6) is 1.51. The largest absolute Gasteiger partial charge is 0.489 e. The lowest BCUT2D eigenvalue weighted by atomic mass is 10.0. The summed E-state index contributed by atoms with van der Waals surface area (Å²) >= 11 is 0. The van der Waals surface area contributed by atoms with Gasteiger partial charge in [-0.1, -0.05) is 62.7 Å². The SMILES string of the molecule is CC[C@H](C)CN(C[C@@H](O)[C@H](Cc1ccc(OCc2ccccc2)cc1)NC(=O)OC(C)(C)C)S(=O)(=O)c1ccc2c(c1)OCO2. The van der Waals surface area contributed by atoms with Crippen molar-refractivity contribution in [3.63, 3.8) is 0 Å². The first kappa shape index (κ1) is 34.1. The Bertz CT molecular complexity index is 1510. The predicted molar refractivity (Wildman–Crippen MR) is 171 cm³/mol. The van der Waals surface area contributed by atoms with Crippen molar-refractivity contribution in [3.05, 3.63) is 83.9 Å². The number of carbonyl (C=O) groups excluding carboxylic acids is 1. The molecule has 1 amide bonds. The van der Waals surface area contributed by atoms with Gasteiger partial charge in [-0.2, -0.15) is 4.31 Å². The Morgan fingerprint density at radius 3 is 2.33 bits per heavy atom. The molecule has 0 aliphatic carbocycles. The van der Waals surface area contributed by atoms with Crippen LogP contribution in [0.3, 0.4) is 0 Å². The molecule has 3 aromatic carbocycles. The van der Waals surface area contributed by atoms with Gasteiger partial charge in [0.15, 0.2) is 11.5 Å². The van der Waals surface area contributed by atoms with E-state index in [0.29, 0.717) is 23.9 Å². The highest BCUT2D eigenvalue weighted by Gasteiger charge is 2.33. The van der Waals surface area contributed by atoms with Gasteiger partial charge in [-0.15, -0.1) is 0 Å². The van der Waals surface area contributed by atoms with Crippen LogP contribution < -0.4 is 19.5 Å². The van der Waals surface area contributed by atoms with Crippen LogP contribution >= 0.6 is 0 Å². The van der Waals surface area contributed by atoms with E-state index in [1.807, 2.05) is 68.4 Å². The van der Waals surface area contributed by atoms with Gasteiger partial charge in [0.1, 0.15) is 18.0 Å². The number of rotatable bonds is 14. The van der Waals surface area contributed by atoms with E-state index in [1.165, 1.54) is 16.4 Å². The second-order valence-corrected chi connectivity index (χ2v) is 14.2. The minimum absolute atomic E-state index is 0.0154. The van der Waals surface area contributed by atoms with E-state index >= 15 is 0 Å². The zero-order valence-electron chi connectivity index (χ0n) is 26.6. The van der Waals surface area contributed by atoms with Gasteiger partial charge in [-0.05, 0) is 68.5 Å². The topological polar surface area (TPSA) is 124 Å². The van der Waals surface area contributed by atoms with Crippen molar-refractivity contribution in [2.45, 2.75) is 76.7 Å². The molecule has 0 aromatic heterocycles. The number of ether oxygens (including phenoxy) is 4. The summed E-state index contributed by atoms with van der Waals surface area (Å²) in [5.41, 5.74) is 1.10. The van der Waals surface area contributed by atoms with Crippen LogP contribution in [0.15, 0.2) is 77.7 Å². The summed E-state index contributed by atoms with van der Waals surface area (Å²) < 4.78 is 51.2. The fraction of sp³-hybridized carbons (Fsp3) is 0.441. The van der Waals surface area contributed by atoms with Crippen molar-refractivity contribution in [1.82, 2.24) is 9.62 Å². The van der Waals surface area contributed by atoms with Crippen LogP contribution in [0.2, 0.25) is 0 Å². The molecule has 0 saturated carbocycles. The summed E-state index contributed by atoms with van der Waals surface area (Å²) in [6, 6.07) is 20.8. The van der Waals surface area contributed by atoms with Crippen molar-refractivity contribution in [3.8, 4) is 17.2 Å². The van der Waals surface area contributed by atoms with Crippen molar-refractivity contribution in [2.75, 3.05) is 19.9 Å². The number of amides is 1. The third kappa shape index (κ3) is 9.84. The number of aliphatic hydroxyl groups excluding tert-OH is 1. The molecule has 0 unspecified atom stereocenters. The number of carbonyl (C=O) groups is 1. The standard InChI is InChI=1S/C34H44N2O8S/c1-6-24(2)20-36(45(39,40)28-16-17-31-32(19-28)43-23-42-31)21-30(37)29(35-33(38)44-34(3,4)5)18-25-12-14-27(15-13-25)41-22-26-10-8-7-9-11-26/h7-17,19,24,29-30,37H,6,18,20-23H2,1-5H3,(H,35,38)/t24-,29-,30+/m0/s1. The number of hydrogen-bond donors (Lipinski definition) is 2. The van der Waals surface area contributed by atoms with Gasteiger partial charge in [-0.3, -0.25) is 0 Å². The van der Waals surface area contributed by atoms with Gasteiger partial charge in [-0.25, -0.2) is 13.2 Å². The lowest BCUT2D eigenvalue weighted by Crippen LogP contribution is -2.52. The van der Waals surface area contributed by atoms with E-state index in [2.05, 4.69) is 5.32 Å². The minimum atomic E-state index is -4.04. The highest BCUT2D eigenvalue weighted by atomic mass is 32.2. The predicted octanol–water partition coefficient (Wildman–Crippen LogP) is 5.53. The molecule has 244 valence electrons. The van der Waals surface area contributed by atoms with Gasteiger partial charge in [0.2, 0.25) is 16.8 Å². The number of sulfonamides is 1. The van der Waals surface area contributed by atoms with E-state index in [-0.39, 0.29) is 37.1 Å². The fourth-order valence-corrected chi connectivity index (χ4v) is 6.32. The molecule has 11 heteroatoms. The summed E-state index contributed by atoms with van der Waals surface area (Å²) in [6.45, 7) is 9.54. The number of fused-ring (bicyclic) bond motifs is 1. The van der Waals surface area contributed by atoms with Gasteiger partial charge in [0.05, 0.1) is 17.0 Å². The molecule has 3 aromatic rings. The quantitative estimate of drug-likeness (QED) is 0.236. The molecule has 10 nitrogen and oxygen atoms in total. The molecule has 0 fully saturated rings. The Kier molecular flexibility index (Phi) is 11.4. The average Bonchev–Trinajstić information content (AvgIpc) is 3.48. The molecule has 3 atom stereocenters. The highest BCUT2D eigenvalue weighted by molar-refractivity contribution is 7.89. The molecular formula is C34H44N2O8S. The Labute approximate surface area is 266 Å². The van der Waals surface area contributed by atoms with E-state index in [1.54, 1.807) is 26.8 Å². The smallest absolute Gasteiger partial charge is 0.407 e. The normalized spacial score (nSPS) is 14.9. The summed E-state index contributed by atoms with van der Waals surface area (Å²) in [6.07, 6.45) is -1.01. The van der Waals surface area contributed by atoms with Crippen LogP contribution in [0, 0.1) is 5.92 Å². The van der Waals surface area contributed by atoms with Gasteiger partial charge >= 0.3 is 6.09 Å². The van der Waals surface area contributed by atoms with Crippen LogP contribution in [-0.2, 0) is 27.8 Å². The molecule has 0 radical (unpaired) electrons. The van der Waals surface area contributed by atoms with E-state index in [9.17, 15) is 18.3 Å². The van der Waals surface area contributed by atoms with Gasteiger partial charge in [0, 0.05) is 19.2 Å². The lowest BCUT2D eigenvalue weighted by molar-refractivity contribution is 0.0399. The van der Waals surface area contributed by atoms with Crippen molar-refractivity contribution in [2.24, 2.45) is 5.92 Å². The van der Waals surface area contributed by atoms with Crippen LogP contribution in [0.25, 0.3) is 0 Å². The highest BCUT2D eigenvalue weighted by Crippen LogP contribution is 2.35. The van der Waals surface area contributed by atoms with Crippen molar-refractivity contribution in [1.29, 1.82) is 0 Å². The molecular weight excluding hydrogens is 596 g/mol. The number of hydrogen-bond acceptors (Lipinski definition) is 8. The maximum Gasteiger partial charge on any atom is 0.407 e. The first-order chi connectivity index (χ1) is 21.3. The van der Waals surface area contributed by atoms with Gasteiger partial charge in [0.25, 0.3) is 0 Å². The molecule has 45 heavy (non-hydrogen) atoms. The summed E-state index contributed by atoms with van der Waals surface area (Å²) in [4.78, 5) is 12.9. The van der Waals surface area contributed by atoms with E-state index < -0.39 is 33.9 Å². The number of nitrogens with one attached hydrogen (secondary N) is 1. The zero-order valence-corrected chi connectivity index (χ0v) is 27.4. The third-order valence-corrected chi connectivity index (χ3v) is 9.21. The Hall–Kier alpha value is -3.80. The first-order valence-electron chi connectivity index (χ1n) is 15.2. The molecule has 1 heterocycles. The van der Waals surface area contributed by atoms with Gasteiger partial charge < -0.3 is 29.4 Å².